The molecule has 0 saturated carbocycles. The van der Waals surface area contributed by atoms with Gasteiger partial charge in [0.1, 0.15) is 5.69 Å². The Morgan fingerprint density at radius 2 is 1.83 bits per heavy atom. The molecule has 0 aliphatic carbocycles. The van der Waals surface area contributed by atoms with Gasteiger partial charge in [-0.2, -0.15) is 0 Å². The predicted octanol–water partition coefficient (Wildman–Crippen LogP) is 3.04. The molecular formula is C18H28N4O. The fraction of sp³-hybridized carbons (Fsp3) is 0.722. The third-order valence-corrected chi connectivity index (χ3v) is 4.89. The Morgan fingerprint density at radius 1 is 1.09 bits per heavy atom. The van der Waals surface area contributed by atoms with E-state index in [1.54, 1.807) is 0 Å². The van der Waals surface area contributed by atoms with Crippen LogP contribution in [-0.4, -0.2) is 47.0 Å². The lowest BCUT2D eigenvalue weighted by atomic mass is 10.0. The average molecular weight is 316 g/mol. The summed E-state index contributed by atoms with van der Waals surface area (Å²) in [4.78, 5) is 26.2. The quantitative estimate of drug-likeness (QED) is 0.841. The van der Waals surface area contributed by atoms with Gasteiger partial charge in [0.25, 0.3) is 5.91 Å². The first kappa shape index (κ1) is 16.2. The maximum atomic E-state index is 12.8. The molecule has 1 amide bonds. The van der Waals surface area contributed by atoms with Crippen LogP contribution in [0.4, 0.5) is 5.95 Å². The van der Waals surface area contributed by atoms with E-state index in [1.165, 1.54) is 25.7 Å². The molecule has 1 unspecified atom stereocenters. The summed E-state index contributed by atoms with van der Waals surface area (Å²) in [7, 11) is 0. The second-order valence-corrected chi connectivity index (χ2v) is 7.09. The summed E-state index contributed by atoms with van der Waals surface area (Å²) in [6, 6.07) is 1.84. The summed E-state index contributed by atoms with van der Waals surface area (Å²) in [5.74, 6) is 1.47. The molecule has 5 nitrogen and oxygen atoms in total. The van der Waals surface area contributed by atoms with Gasteiger partial charge in [-0.25, -0.2) is 9.97 Å². The van der Waals surface area contributed by atoms with Gasteiger partial charge in [0.2, 0.25) is 5.95 Å². The molecule has 23 heavy (non-hydrogen) atoms. The minimum atomic E-state index is 0.0729. The Morgan fingerprint density at radius 3 is 2.52 bits per heavy atom. The van der Waals surface area contributed by atoms with Gasteiger partial charge in [-0.05, 0) is 44.6 Å². The standard InChI is InChI=1S/C18H28N4O/c1-14-8-7-11-22(13-14)18-19-15(2)12-16(20-18)17(23)21-9-5-3-4-6-10-21/h12,14H,3-11,13H2,1-2H3. The summed E-state index contributed by atoms with van der Waals surface area (Å²) in [5, 5.41) is 0. The van der Waals surface area contributed by atoms with Gasteiger partial charge in [0, 0.05) is 31.9 Å². The highest BCUT2D eigenvalue weighted by Crippen LogP contribution is 2.21. The molecule has 0 radical (unpaired) electrons. The first-order valence-corrected chi connectivity index (χ1v) is 9.03. The van der Waals surface area contributed by atoms with E-state index in [1.807, 2.05) is 17.9 Å². The summed E-state index contributed by atoms with van der Waals surface area (Å²) in [6.07, 6.45) is 7.10. The number of aryl methyl sites for hydroxylation is 1. The maximum Gasteiger partial charge on any atom is 0.272 e. The number of nitrogens with zero attached hydrogens (tertiary/aromatic N) is 4. The van der Waals surface area contributed by atoms with Crippen LogP contribution in [0.2, 0.25) is 0 Å². The zero-order valence-corrected chi connectivity index (χ0v) is 14.4. The van der Waals surface area contributed by atoms with Crippen molar-refractivity contribution in [2.75, 3.05) is 31.1 Å². The number of rotatable bonds is 2. The van der Waals surface area contributed by atoms with Gasteiger partial charge in [-0.15, -0.1) is 0 Å². The predicted molar refractivity (Wildman–Crippen MR) is 91.8 cm³/mol. The second kappa shape index (κ2) is 7.28. The lowest BCUT2D eigenvalue weighted by molar-refractivity contribution is 0.0755. The molecule has 0 spiro atoms. The molecule has 2 aliphatic heterocycles. The molecule has 1 atom stereocenters. The van der Waals surface area contributed by atoms with Crippen LogP contribution in [0.15, 0.2) is 6.07 Å². The van der Waals surface area contributed by atoms with Crippen LogP contribution >= 0.6 is 0 Å². The molecular weight excluding hydrogens is 288 g/mol. The molecule has 0 bridgehead atoms. The molecule has 1 aromatic heterocycles. The first-order chi connectivity index (χ1) is 11.1. The van der Waals surface area contributed by atoms with Crippen molar-refractivity contribution in [1.82, 2.24) is 14.9 Å². The van der Waals surface area contributed by atoms with Crippen molar-refractivity contribution >= 4 is 11.9 Å². The molecule has 2 aliphatic rings. The third kappa shape index (κ3) is 4.01. The van der Waals surface area contributed by atoms with Crippen LogP contribution in [-0.2, 0) is 0 Å². The molecule has 2 fully saturated rings. The highest BCUT2D eigenvalue weighted by Gasteiger charge is 2.23. The molecule has 2 saturated heterocycles. The zero-order chi connectivity index (χ0) is 16.2. The van der Waals surface area contributed by atoms with Gasteiger partial charge in [-0.3, -0.25) is 4.79 Å². The van der Waals surface area contributed by atoms with E-state index in [0.717, 1.165) is 50.7 Å². The van der Waals surface area contributed by atoms with Crippen molar-refractivity contribution < 1.29 is 4.79 Å². The number of carbonyl (C=O) groups excluding carboxylic acids is 1. The molecule has 5 heteroatoms. The van der Waals surface area contributed by atoms with E-state index < -0.39 is 0 Å². The zero-order valence-electron chi connectivity index (χ0n) is 14.4. The Bertz CT molecular complexity index is 552. The number of aromatic nitrogens is 2. The highest BCUT2D eigenvalue weighted by molar-refractivity contribution is 5.92. The Kier molecular flexibility index (Phi) is 5.13. The first-order valence-electron chi connectivity index (χ1n) is 9.03. The van der Waals surface area contributed by atoms with Crippen LogP contribution in [0.5, 0.6) is 0 Å². The lowest BCUT2D eigenvalue weighted by Gasteiger charge is -2.31. The lowest BCUT2D eigenvalue weighted by Crippen LogP contribution is -2.37. The SMILES string of the molecule is Cc1cc(C(=O)N2CCCCCC2)nc(N2CCCC(C)C2)n1. The van der Waals surface area contributed by atoms with Crippen molar-refractivity contribution in [3.63, 3.8) is 0 Å². The average Bonchev–Trinajstić information content (AvgIpc) is 2.83. The van der Waals surface area contributed by atoms with Crippen molar-refractivity contribution in [1.29, 1.82) is 0 Å². The number of hydrogen-bond acceptors (Lipinski definition) is 4. The second-order valence-electron chi connectivity index (χ2n) is 7.09. The van der Waals surface area contributed by atoms with Crippen molar-refractivity contribution in [2.45, 2.75) is 52.4 Å². The van der Waals surface area contributed by atoms with Crippen LogP contribution in [0.25, 0.3) is 0 Å². The van der Waals surface area contributed by atoms with Crippen LogP contribution in [0.1, 0.15) is 61.6 Å². The highest BCUT2D eigenvalue weighted by atomic mass is 16.2. The van der Waals surface area contributed by atoms with E-state index in [4.69, 9.17) is 0 Å². The van der Waals surface area contributed by atoms with E-state index in [0.29, 0.717) is 11.6 Å². The topological polar surface area (TPSA) is 49.3 Å². The van der Waals surface area contributed by atoms with Crippen LogP contribution in [0.3, 0.4) is 0 Å². The largest absolute Gasteiger partial charge is 0.341 e. The number of likely N-dealkylation sites (tertiary alicyclic amines) is 1. The Balaban J connectivity index is 1.80. The monoisotopic (exact) mass is 316 g/mol. The minimum Gasteiger partial charge on any atom is -0.341 e. The van der Waals surface area contributed by atoms with Crippen molar-refractivity contribution in [3.05, 3.63) is 17.5 Å². The number of amides is 1. The van der Waals surface area contributed by atoms with E-state index in [-0.39, 0.29) is 5.91 Å². The van der Waals surface area contributed by atoms with Crippen molar-refractivity contribution in [2.24, 2.45) is 5.92 Å². The normalized spacial score (nSPS) is 22.8. The number of piperidine rings is 1. The Labute approximate surface area is 139 Å². The number of carbonyl (C=O) groups is 1. The van der Waals surface area contributed by atoms with Crippen LogP contribution < -0.4 is 4.90 Å². The summed E-state index contributed by atoms with van der Waals surface area (Å²) >= 11 is 0. The third-order valence-electron chi connectivity index (χ3n) is 4.89. The number of anilines is 1. The molecule has 3 rings (SSSR count). The molecule has 3 heterocycles. The maximum absolute atomic E-state index is 12.8. The van der Waals surface area contributed by atoms with E-state index >= 15 is 0 Å². The fourth-order valence-electron chi connectivity index (χ4n) is 3.61. The minimum absolute atomic E-state index is 0.0729. The molecule has 126 valence electrons. The smallest absolute Gasteiger partial charge is 0.272 e. The fourth-order valence-corrected chi connectivity index (χ4v) is 3.61. The van der Waals surface area contributed by atoms with Gasteiger partial charge in [0.15, 0.2) is 0 Å². The van der Waals surface area contributed by atoms with Crippen LogP contribution in [0, 0.1) is 12.8 Å². The molecule has 0 aromatic carbocycles. The summed E-state index contributed by atoms with van der Waals surface area (Å²) in [5.41, 5.74) is 1.44. The summed E-state index contributed by atoms with van der Waals surface area (Å²) < 4.78 is 0. The van der Waals surface area contributed by atoms with Gasteiger partial charge in [0.05, 0.1) is 0 Å². The number of hydrogen-bond donors (Lipinski definition) is 0. The molecule has 1 aromatic rings. The summed E-state index contributed by atoms with van der Waals surface area (Å²) in [6.45, 7) is 7.92. The van der Waals surface area contributed by atoms with E-state index in [2.05, 4.69) is 21.8 Å². The van der Waals surface area contributed by atoms with Gasteiger partial charge in [-0.1, -0.05) is 19.8 Å². The van der Waals surface area contributed by atoms with E-state index in [9.17, 15) is 4.79 Å². The van der Waals surface area contributed by atoms with Gasteiger partial charge < -0.3 is 9.80 Å². The molecule has 0 N–H and O–H groups in total. The Hall–Kier alpha value is -1.65. The van der Waals surface area contributed by atoms with Gasteiger partial charge >= 0.3 is 0 Å². The van der Waals surface area contributed by atoms with Crippen molar-refractivity contribution in [3.8, 4) is 0 Å².